The van der Waals surface area contributed by atoms with Gasteiger partial charge in [0.05, 0.1) is 36.5 Å². The van der Waals surface area contributed by atoms with Crippen LogP contribution < -0.4 is 20.3 Å². The number of benzene rings is 3. The Balaban J connectivity index is 1.27. The van der Waals surface area contributed by atoms with Gasteiger partial charge in [0.15, 0.2) is 0 Å². The van der Waals surface area contributed by atoms with Crippen molar-refractivity contribution in [3.05, 3.63) is 112 Å². The van der Waals surface area contributed by atoms with Crippen molar-refractivity contribution in [3.63, 3.8) is 0 Å². The van der Waals surface area contributed by atoms with E-state index in [-0.39, 0.29) is 36.9 Å². The number of hydrogen-bond acceptors (Lipinski definition) is 7. The zero-order valence-corrected chi connectivity index (χ0v) is 25.4. The predicted molar refractivity (Wildman–Crippen MR) is 170 cm³/mol. The summed E-state index contributed by atoms with van der Waals surface area (Å²) >= 11 is 0. The van der Waals surface area contributed by atoms with Crippen LogP contribution in [0.1, 0.15) is 48.6 Å². The molecule has 4 aromatic rings. The summed E-state index contributed by atoms with van der Waals surface area (Å²) < 4.78 is 13.5. The molecule has 0 atom stereocenters. The molecule has 2 N–H and O–H groups in total. The van der Waals surface area contributed by atoms with E-state index in [0.717, 1.165) is 24.0 Å². The number of hydrogen-bond donors (Lipinski definition) is 2. The molecule has 0 aliphatic carbocycles. The van der Waals surface area contributed by atoms with Gasteiger partial charge in [-0.3, -0.25) is 14.4 Å². The molecule has 1 aromatic heterocycles. The Hall–Kier alpha value is -4.96. The smallest absolute Gasteiger partial charge is 0.309 e. The highest BCUT2D eigenvalue weighted by Crippen LogP contribution is 2.27. The number of carbonyl (C=O) groups excluding carboxylic acids is 1. The van der Waals surface area contributed by atoms with Crippen LogP contribution in [0.4, 0.5) is 0 Å². The first-order valence-corrected chi connectivity index (χ1v) is 15.3. The van der Waals surface area contributed by atoms with Crippen LogP contribution in [0.15, 0.2) is 83.7 Å². The molecule has 1 aliphatic heterocycles. The summed E-state index contributed by atoms with van der Waals surface area (Å²) in [6.07, 6.45) is 2.70. The molecule has 2 heterocycles. The van der Waals surface area contributed by atoms with Crippen LogP contribution >= 0.6 is 0 Å². The highest BCUT2D eigenvalue weighted by molar-refractivity contribution is 5.76. The molecule has 5 rings (SSSR count). The van der Waals surface area contributed by atoms with E-state index >= 15 is 0 Å². The highest BCUT2D eigenvalue weighted by Gasteiger charge is 2.27. The number of fused-ring (bicyclic) bond motifs is 1. The monoisotopic (exact) mass is 610 g/mol. The molecule has 234 valence electrons. The number of para-hydroxylation sites is 1. The first-order chi connectivity index (χ1) is 21.9. The van der Waals surface area contributed by atoms with E-state index < -0.39 is 5.97 Å². The summed E-state index contributed by atoms with van der Waals surface area (Å²) in [5, 5.41) is 12.2. The van der Waals surface area contributed by atoms with Crippen molar-refractivity contribution in [2.75, 3.05) is 19.7 Å². The number of amides is 1. The average molecular weight is 611 g/mol. The maximum atomic E-state index is 14.0. The second-order valence-corrected chi connectivity index (χ2v) is 11.0. The Morgan fingerprint density at radius 1 is 0.978 bits per heavy atom. The molecule has 0 bridgehead atoms. The minimum atomic E-state index is -0.863. The third-order valence-corrected chi connectivity index (χ3v) is 7.57. The number of nitrogens with one attached hydrogen (secondary N) is 1. The fourth-order valence-corrected chi connectivity index (χ4v) is 5.14. The molecule has 3 aromatic carbocycles. The Morgan fingerprint density at radius 2 is 1.73 bits per heavy atom. The van der Waals surface area contributed by atoms with Gasteiger partial charge < -0.3 is 24.8 Å². The molecular weight excluding hydrogens is 572 g/mol. The van der Waals surface area contributed by atoms with Crippen LogP contribution in [0.3, 0.4) is 0 Å². The molecule has 0 saturated carbocycles. The first-order valence-electron chi connectivity index (χ1n) is 15.3. The minimum absolute atomic E-state index is 0.00998. The molecule has 0 saturated heterocycles. The van der Waals surface area contributed by atoms with E-state index in [1.54, 1.807) is 29.2 Å². The van der Waals surface area contributed by atoms with Crippen molar-refractivity contribution in [2.24, 2.45) is 0 Å². The van der Waals surface area contributed by atoms with Gasteiger partial charge in [0, 0.05) is 38.5 Å². The third-order valence-electron chi connectivity index (χ3n) is 7.57. The second kappa shape index (κ2) is 15.2. The topological polar surface area (TPSA) is 123 Å². The van der Waals surface area contributed by atoms with Crippen LogP contribution in [0.5, 0.6) is 17.5 Å². The van der Waals surface area contributed by atoms with E-state index in [4.69, 9.17) is 19.6 Å². The minimum Gasteiger partial charge on any atom is -0.493 e. The lowest BCUT2D eigenvalue weighted by Gasteiger charge is -2.29. The van der Waals surface area contributed by atoms with Crippen molar-refractivity contribution >= 4 is 11.9 Å². The van der Waals surface area contributed by atoms with E-state index in [1.807, 2.05) is 54.6 Å². The van der Waals surface area contributed by atoms with Gasteiger partial charge in [-0.2, -0.15) is 0 Å². The molecule has 10 nitrogen and oxygen atoms in total. The number of rotatable bonds is 14. The van der Waals surface area contributed by atoms with Gasteiger partial charge in [-0.05, 0) is 41.8 Å². The summed E-state index contributed by atoms with van der Waals surface area (Å²) in [5.41, 5.74) is 3.21. The van der Waals surface area contributed by atoms with Crippen LogP contribution in [-0.2, 0) is 35.5 Å². The van der Waals surface area contributed by atoms with Gasteiger partial charge >= 0.3 is 12.0 Å². The molecule has 45 heavy (non-hydrogen) atoms. The maximum Gasteiger partial charge on any atom is 0.309 e. The van der Waals surface area contributed by atoms with Gasteiger partial charge in [-0.15, -0.1) is 0 Å². The fourth-order valence-electron chi connectivity index (χ4n) is 5.14. The van der Waals surface area contributed by atoms with E-state index in [2.05, 4.69) is 12.2 Å². The van der Waals surface area contributed by atoms with Crippen LogP contribution in [-0.4, -0.2) is 51.1 Å². The second-order valence-electron chi connectivity index (χ2n) is 11.0. The van der Waals surface area contributed by atoms with Crippen molar-refractivity contribution in [1.82, 2.24) is 19.8 Å². The normalized spacial score (nSPS) is 12.4. The molecule has 1 aliphatic rings. The van der Waals surface area contributed by atoms with E-state index in [0.29, 0.717) is 61.1 Å². The number of nitrogens with zero attached hydrogens (tertiary/aromatic N) is 3. The molecule has 10 heteroatoms. The number of carboxylic acid groups (broad SMARTS) is 1. The summed E-state index contributed by atoms with van der Waals surface area (Å²) in [5.74, 6) is 0.287. The number of carboxylic acids is 1. The van der Waals surface area contributed by atoms with E-state index in [1.165, 1.54) is 4.57 Å². The van der Waals surface area contributed by atoms with Crippen LogP contribution in [0.25, 0.3) is 5.69 Å². The first kappa shape index (κ1) is 31.5. The zero-order valence-electron chi connectivity index (χ0n) is 25.4. The quantitative estimate of drug-likeness (QED) is 0.194. The van der Waals surface area contributed by atoms with Crippen molar-refractivity contribution < 1.29 is 24.2 Å². The number of ether oxygens (including phenoxy) is 2. The Labute approximate surface area is 262 Å². The number of aliphatic carboxylic acids is 1. The molecule has 1 amide bonds. The van der Waals surface area contributed by atoms with Gasteiger partial charge in [0.1, 0.15) is 11.5 Å². The van der Waals surface area contributed by atoms with E-state index in [9.17, 15) is 14.4 Å². The maximum absolute atomic E-state index is 14.0. The number of carbonyl (C=O) groups is 2. The lowest BCUT2D eigenvalue weighted by molar-refractivity contribution is -0.136. The summed E-state index contributed by atoms with van der Waals surface area (Å²) in [4.78, 5) is 44.5. The van der Waals surface area contributed by atoms with Gasteiger partial charge in [-0.1, -0.05) is 61.9 Å². The van der Waals surface area contributed by atoms with Gasteiger partial charge in [-0.25, -0.2) is 9.55 Å². The number of aromatic nitrogens is 2. The lowest BCUT2D eigenvalue weighted by Crippen LogP contribution is -2.41. The molecule has 0 radical (unpaired) electrons. The summed E-state index contributed by atoms with van der Waals surface area (Å²) in [6, 6.07) is 24.1. The molecular formula is C35H38N4O6. The van der Waals surface area contributed by atoms with Crippen molar-refractivity contribution in [3.8, 4) is 23.2 Å². The fraction of sp³-hybridized carbons (Fsp3) is 0.314. The zero-order chi connectivity index (χ0) is 31.6. The molecule has 0 fully saturated rings. The van der Waals surface area contributed by atoms with Crippen LogP contribution in [0.2, 0.25) is 0 Å². The SMILES string of the molecule is CCCCOc1cccc(Oc2nc3c(c(=O)n2-c2ccccc2)CN(C(=O)CCNCc2ccc(CC(=O)O)cc2)CC3)c1. The highest BCUT2D eigenvalue weighted by atomic mass is 16.5. The van der Waals surface area contributed by atoms with Crippen LogP contribution in [0, 0.1) is 0 Å². The Kier molecular flexibility index (Phi) is 10.6. The van der Waals surface area contributed by atoms with Crippen molar-refractivity contribution in [1.29, 1.82) is 0 Å². The van der Waals surface area contributed by atoms with Gasteiger partial charge in [0.2, 0.25) is 5.91 Å². The van der Waals surface area contributed by atoms with Gasteiger partial charge in [0.25, 0.3) is 5.56 Å². The van der Waals surface area contributed by atoms with Crippen molar-refractivity contribution in [2.45, 2.75) is 52.1 Å². The third kappa shape index (κ3) is 8.36. The largest absolute Gasteiger partial charge is 0.493 e. The Bertz CT molecular complexity index is 1670. The summed E-state index contributed by atoms with van der Waals surface area (Å²) in [6.45, 7) is 4.39. The Morgan fingerprint density at radius 3 is 2.49 bits per heavy atom. The standard InChI is InChI=1S/C35H38N4O6/c1-2-3-20-44-28-10-7-11-29(22-28)45-35-37-31-17-19-38(24-30(31)34(43)39(35)27-8-5-4-6-9-27)32(40)16-18-36-23-26-14-12-25(13-15-26)21-33(41)42/h4-15,22,36H,2-3,16-21,23-24H2,1H3,(H,41,42). The number of unbranched alkanes of at least 4 members (excludes halogenated alkanes) is 1. The summed E-state index contributed by atoms with van der Waals surface area (Å²) in [7, 11) is 0. The lowest BCUT2D eigenvalue weighted by atomic mass is 10.1. The molecule has 0 unspecified atom stereocenters. The average Bonchev–Trinajstić information content (AvgIpc) is 3.04. The predicted octanol–water partition coefficient (Wildman–Crippen LogP) is 4.90. The molecule has 0 spiro atoms.